The van der Waals surface area contributed by atoms with Gasteiger partial charge in [-0.3, -0.25) is 19.4 Å². The van der Waals surface area contributed by atoms with Crippen LogP contribution in [-0.4, -0.2) is 74.1 Å². The van der Waals surface area contributed by atoms with Gasteiger partial charge in [-0.1, -0.05) is 6.07 Å². The van der Waals surface area contributed by atoms with Gasteiger partial charge in [0.15, 0.2) is 5.82 Å². The summed E-state index contributed by atoms with van der Waals surface area (Å²) in [5.74, 6) is -0.118. The zero-order valence-electron chi connectivity index (χ0n) is 21.7. The minimum Gasteiger partial charge on any atom is -0.394 e. The number of hydrogen-bond donors (Lipinski definition) is 4. The number of alkyl halides is 3. The SMILES string of the molecule is Cc1cccc(C2(O)CCC(N3CC(NC(=O)CNc4nn(CCO)c5ccc(C(F)(F)F)cc45)C3)CC2)n1. The monoisotopic (exact) mass is 546 g/mol. The van der Waals surface area contributed by atoms with Crippen molar-refractivity contribution in [2.75, 3.05) is 31.6 Å². The second-order valence-electron chi connectivity index (χ2n) is 10.5. The Labute approximate surface area is 224 Å². The lowest BCUT2D eigenvalue weighted by Crippen LogP contribution is -2.63. The average molecular weight is 547 g/mol. The molecule has 1 saturated carbocycles. The maximum Gasteiger partial charge on any atom is 0.416 e. The average Bonchev–Trinajstić information content (AvgIpc) is 3.22. The predicted octanol–water partition coefficient (Wildman–Crippen LogP) is 2.79. The Hall–Kier alpha value is -3.22. The van der Waals surface area contributed by atoms with Crippen LogP contribution < -0.4 is 10.6 Å². The summed E-state index contributed by atoms with van der Waals surface area (Å²) in [7, 11) is 0. The molecule has 9 nitrogen and oxygen atoms in total. The van der Waals surface area contributed by atoms with Gasteiger partial charge < -0.3 is 20.8 Å². The van der Waals surface area contributed by atoms with Crippen LogP contribution in [0.3, 0.4) is 0 Å². The Morgan fingerprint density at radius 1 is 1.18 bits per heavy atom. The first-order chi connectivity index (χ1) is 18.6. The van der Waals surface area contributed by atoms with Crippen molar-refractivity contribution in [1.82, 2.24) is 25.0 Å². The molecule has 2 aliphatic rings. The van der Waals surface area contributed by atoms with Crippen LogP contribution in [0.1, 0.15) is 42.6 Å². The molecule has 5 rings (SSSR count). The molecule has 1 aliphatic carbocycles. The van der Waals surface area contributed by atoms with Crippen LogP contribution in [0.25, 0.3) is 10.9 Å². The van der Waals surface area contributed by atoms with Gasteiger partial charge in [-0.05, 0) is 62.9 Å². The van der Waals surface area contributed by atoms with Crippen LogP contribution in [0.15, 0.2) is 36.4 Å². The molecule has 0 spiro atoms. The summed E-state index contributed by atoms with van der Waals surface area (Å²) in [5, 5.41) is 30.7. The number of carbonyl (C=O) groups excluding carboxylic acids is 1. The molecule has 1 aliphatic heterocycles. The number of aliphatic hydroxyl groups is 2. The van der Waals surface area contributed by atoms with Crippen molar-refractivity contribution < 1.29 is 28.2 Å². The normalized spacial score (nSPS) is 22.6. The minimum absolute atomic E-state index is 0.0147. The molecule has 2 fully saturated rings. The fourth-order valence-corrected chi connectivity index (χ4v) is 5.60. The quantitative estimate of drug-likeness (QED) is 0.344. The number of benzene rings is 1. The molecule has 210 valence electrons. The fraction of sp³-hybridized carbons (Fsp3) is 0.519. The van der Waals surface area contributed by atoms with Crippen molar-refractivity contribution in [3.05, 3.63) is 53.3 Å². The fourth-order valence-electron chi connectivity index (χ4n) is 5.60. The summed E-state index contributed by atoms with van der Waals surface area (Å²) in [6.45, 7) is 3.09. The van der Waals surface area contributed by atoms with E-state index < -0.39 is 17.3 Å². The van der Waals surface area contributed by atoms with Crippen molar-refractivity contribution in [1.29, 1.82) is 0 Å². The highest BCUT2D eigenvalue weighted by Crippen LogP contribution is 2.39. The van der Waals surface area contributed by atoms with Crippen LogP contribution in [0.5, 0.6) is 0 Å². The number of pyridine rings is 1. The molecule has 12 heteroatoms. The molecule has 4 N–H and O–H groups in total. The lowest BCUT2D eigenvalue weighted by molar-refractivity contribution is -0.137. The number of hydrogen-bond acceptors (Lipinski definition) is 7. The Balaban J connectivity index is 1.12. The van der Waals surface area contributed by atoms with Crippen molar-refractivity contribution >= 4 is 22.6 Å². The first kappa shape index (κ1) is 27.4. The number of nitrogens with one attached hydrogen (secondary N) is 2. The van der Waals surface area contributed by atoms with Crippen molar-refractivity contribution in [3.63, 3.8) is 0 Å². The number of aromatic nitrogens is 3. The second kappa shape index (κ2) is 10.7. The number of halogens is 3. The summed E-state index contributed by atoms with van der Waals surface area (Å²) in [4.78, 5) is 19.4. The first-order valence-corrected chi connectivity index (χ1v) is 13.2. The Morgan fingerprint density at radius 3 is 2.59 bits per heavy atom. The standard InChI is InChI=1S/C27H33F3N6O3/c1-17-3-2-4-23(32-17)26(39)9-7-20(8-10-26)35-15-19(16-35)33-24(38)14-31-25-21-13-18(27(28,29)30)5-6-22(21)36(34-25)11-12-37/h2-6,13,19-20,37,39H,7-12,14-16H2,1H3,(H,31,34)(H,33,38). The summed E-state index contributed by atoms with van der Waals surface area (Å²) in [6.07, 6.45) is -1.54. The highest BCUT2D eigenvalue weighted by Gasteiger charge is 2.41. The minimum atomic E-state index is -4.51. The Morgan fingerprint density at radius 2 is 1.92 bits per heavy atom. The third-order valence-electron chi connectivity index (χ3n) is 7.74. The molecule has 0 unspecified atom stereocenters. The summed E-state index contributed by atoms with van der Waals surface area (Å²) in [5.41, 5.74) is 0.341. The molecule has 1 saturated heterocycles. The third-order valence-corrected chi connectivity index (χ3v) is 7.74. The lowest BCUT2D eigenvalue weighted by atomic mass is 9.78. The first-order valence-electron chi connectivity index (χ1n) is 13.2. The van der Waals surface area contributed by atoms with E-state index in [2.05, 4.69) is 25.6 Å². The molecule has 3 aromatic rings. The highest BCUT2D eigenvalue weighted by atomic mass is 19.4. The van der Waals surface area contributed by atoms with E-state index in [1.807, 2.05) is 25.1 Å². The Bertz CT molecular complexity index is 1330. The number of nitrogens with zero attached hydrogens (tertiary/aromatic N) is 4. The van der Waals surface area contributed by atoms with E-state index in [0.717, 1.165) is 36.4 Å². The molecule has 3 heterocycles. The maximum absolute atomic E-state index is 13.2. The van der Waals surface area contributed by atoms with Crippen LogP contribution in [0, 0.1) is 6.92 Å². The van der Waals surface area contributed by atoms with E-state index in [1.165, 1.54) is 10.7 Å². The largest absolute Gasteiger partial charge is 0.416 e. The van der Waals surface area contributed by atoms with Gasteiger partial charge >= 0.3 is 6.18 Å². The number of amides is 1. The summed E-state index contributed by atoms with van der Waals surface area (Å²) < 4.78 is 41.1. The van der Waals surface area contributed by atoms with E-state index in [9.17, 15) is 28.2 Å². The van der Waals surface area contributed by atoms with E-state index in [0.29, 0.717) is 37.5 Å². The third kappa shape index (κ3) is 5.87. The molecule has 2 aromatic heterocycles. The number of anilines is 1. The van der Waals surface area contributed by atoms with Gasteiger partial charge in [0.2, 0.25) is 5.91 Å². The molecule has 0 bridgehead atoms. The molecule has 0 radical (unpaired) electrons. The van der Waals surface area contributed by atoms with Crippen LogP contribution in [0.2, 0.25) is 0 Å². The number of fused-ring (bicyclic) bond motifs is 1. The van der Waals surface area contributed by atoms with Gasteiger partial charge in [-0.15, -0.1) is 0 Å². The van der Waals surface area contributed by atoms with E-state index in [1.54, 1.807) is 0 Å². The zero-order chi connectivity index (χ0) is 27.8. The topological polar surface area (TPSA) is 116 Å². The zero-order valence-corrected chi connectivity index (χ0v) is 21.7. The van der Waals surface area contributed by atoms with Gasteiger partial charge in [0.1, 0.15) is 5.60 Å². The smallest absolute Gasteiger partial charge is 0.394 e. The summed E-state index contributed by atoms with van der Waals surface area (Å²) in [6, 6.07) is 9.33. The Kier molecular flexibility index (Phi) is 7.53. The van der Waals surface area contributed by atoms with Crippen molar-refractivity contribution in [2.24, 2.45) is 0 Å². The molecule has 1 aromatic carbocycles. The predicted molar refractivity (Wildman–Crippen MR) is 139 cm³/mol. The van der Waals surface area contributed by atoms with E-state index in [4.69, 9.17) is 0 Å². The van der Waals surface area contributed by atoms with Gasteiger partial charge in [-0.25, -0.2) is 0 Å². The lowest BCUT2D eigenvalue weighted by Gasteiger charge is -2.48. The van der Waals surface area contributed by atoms with Gasteiger partial charge in [-0.2, -0.15) is 18.3 Å². The van der Waals surface area contributed by atoms with Crippen molar-refractivity contribution in [3.8, 4) is 0 Å². The van der Waals surface area contributed by atoms with Crippen LogP contribution in [-0.2, 0) is 23.1 Å². The number of likely N-dealkylation sites (tertiary alicyclic amines) is 1. The second-order valence-corrected chi connectivity index (χ2v) is 10.5. The molecule has 0 atom stereocenters. The molecular weight excluding hydrogens is 513 g/mol. The number of aliphatic hydroxyl groups excluding tert-OH is 1. The number of aryl methyl sites for hydroxylation is 1. The molecule has 39 heavy (non-hydrogen) atoms. The number of rotatable bonds is 8. The van der Waals surface area contributed by atoms with Crippen molar-refractivity contribution in [2.45, 2.75) is 63.0 Å². The van der Waals surface area contributed by atoms with Crippen LogP contribution >= 0.6 is 0 Å². The van der Waals surface area contributed by atoms with E-state index >= 15 is 0 Å². The van der Waals surface area contributed by atoms with E-state index in [-0.39, 0.29) is 42.8 Å². The van der Waals surface area contributed by atoms with Gasteiger partial charge in [0.25, 0.3) is 0 Å². The van der Waals surface area contributed by atoms with Gasteiger partial charge in [0, 0.05) is 30.2 Å². The molecular formula is C27H33F3N6O3. The molecule has 1 amide bonds. The maximum atomic E-state index is 13.2. The highest BCUT2D eigenvalue weighted by molar-refractivity contribution is 5.92. The summed E-state index contributed by atoms with van der Waals surface area (Å²) >= 11 is 0. The number of carbonyl (C=O) groups is 1. The van der Waals surface area contributed by atoms with Gasteiger partial charge in [0.05, 0.1) is 42.5 Å². The van der Waals surface area contributed by atoms with Crippen LogP contribution in [0.4, 0.5) is 19.0 Å².